The van der Waals surface area contributed by atoms with Gasteiger partial charge in [-0.2, -0.15) is 0 Å². The third-order valence-electron chi connectivity index (χ3n) is 2.66. The Balaban J connectivity index is 2.21. The fraction of sp³-hybridized carbons (Fsp3) is 0.400. The lowest BCUT2D eigenvalue weighted by Crippen LogP contribution is -2.24. The fourth-order valence-corrected chi connectivity index (χ4v) is 1.82. The summed E-state index contributed by atoms with van der Waals surface area (Å²) >= 11 is 5.79. The SMILES string of the molecule is NC1(Cc2ccc([N+](=O)[O-])c(Cl)c2)CC1. The highest BCUT2D eigenvalue weighted by atomic mass is 35.5. The van der Waals surface area contributed by atoms with Gasteiger partial charge in [0.2, 0.25) is 0 Å². The Bertz CT molecular complexity index is 416. The van der Waals surface area contributed by atoms with E-state index in [1.807, 2.05) is 0 Å². The van der Waals surface area contributed by atoms with Crippen molar-refractivity contribution in [3.05, 3.63) is 38.9 Å². The van der Waals surface area contributed by atoms with Crippen molar-refractivity contribution in [2.24, 2.45) is 5.73 Å². The molecule has 0 heterocycles. The number of halogens is 1. The minimum absolute atomic E-state index is 0.0534. The van der Waals surface area contributed by atoms with Crippen molar-refractivity contribution in [3.63, 3.8) is 0 Å². The normalized spacial score (nSPS) is 17.5. The number of nitro groups is 1. The van der Waals surface area contributed by atoms with E-state index in [2.05, 4.69) is 0 Å². The highest BCUT2D eigenvalue weighted by Gasteiger charge is 2.38. The molecule has 0 radical (unpaired) electrons. The molecule has 5 heteroatoms. The van der Waals surface area contributed by atoms with Crippen LogP contribution in [0.15, 0.2) is 18.2 Å². The summed E-state index contributed by atoms with van der Waals surface area (Å²) in [5.41, 5.74) is 6.76. The second-order valence-corrected chi connectivity index (χ2v) is 4.49. The van der Waals surface area contributed by atoms with Gasteiger partial charge >= 0.3 is 0 Å². The molecule has 1 fully saturated rings. The first-order valence-corrected chi connectivity index (χ1v) is 5.10. The summed E-state index contributed by atoms with van der Waals surface area (Å²) in [4.78, 5) is 10.0. The molecule has 4 nitrogen and oxygen atoms in total. The number of nitrogens with two attached hydrogens (primary N) is 1. The van der Waals surface area contributed by atoms with Crippen molar-refractivity contribution in [2.45, 2.75) is 24.8 Å². The molecule has 80 valence electrons. The van der Waals surface area contributed by atoms with Crippen LogP contribution in [0.25, 0.3) is 0 Å². The molecule has 2 N–H and O–H groups in total. The van der Waals surface area contributed by atoms with E-state index in [1.54, 1.807) is 12.1 Å². The van der Waals surface area contributed by atoms with Crippen LogP contribution in [0, 0.1) is 10.1 Å². The van der Waals surface area contributed by atoms with Crippen molar-refractivity contribution in [1.82, 2.24) is 0 Å². The van der Waals surface area contributed by atoms with E-state index < -0.39 is 4.92 Å². The lowest BCUT2D eigenvalue weighted by atomic mass is 10.0. The monoisotopic (exact) mass is 226 g/mol. The van der Waals surface area contributed by atoms with Crippen LogP contribution in [0.4, 0.5) is 5.69 Å². The topological polar surface area (TPSA) is 69.2 Å². The number of hydrogen-bond acceptors (Lipinski definition) is 3. The molecule has 0 atom stereocenters. The third-order valence-corrected chi connectivity index (χ3v) is 2.96. The van der Waals surface area contributed by atoms with Crippen LogP contribution < -0.4 is 5.73 Å². The number of nitrogens with zero attached hydrogens (tertiary/aromatic N) is 1. The van der Waals surface area contributed by atoms with Crippen LogP contribution in [0.2, 0.25) is 5.02 Å². The van der Waals surface area contributed by atoms with Crippen LogP contribution in [0.1, 0.15) is 18.4 Å². The maximum Gasteiger partial charge on any atom is 0.287 e. The number of hydrogen-bond donors (Lipinski definition) is 1. The Kier molecular flexibility index (Phi) is 2.40. The average molecular weight is 227 g/mol. The number of benzene rings is 1. The predicted molar refractivity (Wildman–Crippen MR) is 58.0 cm³/mol. The summed E-state index contributed by atoms with van der Waals surface area (Å²) in [7, 11) is 0. The van der Waals surface area contributed by atoms with Crippen molar-refractivity contribution in [2.75, 3.05) is 0 Å². The Morgan fingerprint density at radius 3 is 2.67 bits per heavy atom. The smallest absolute Gasteiger partial charge is 0.287 e. The molecule has 0 unspecified atom stereocenters. The molecule has 1 aromatic rings. The van der Waals surface area contributed by atoms with Crippen molar-refractivity contribution in [3.8, 4) is 0 Å². The van der Waals surface area contributed by atoms with Gasteiger partial charge < -0.3 is 5.73 Å². The highest BCUT2D eigenvalue weighted by Crippen LogP contribution is 2.36. The lowest BCUT2D eigenvalue weighted by molar-refractivity contribution is -0.384. The molecule has 0 bridgehead atoms. The van der Waals surface area contributed by atoms with Gasteiger partial charge in [0.1, 0.15) is 5.02 Å². The molecule has 0 saturated heterocycles. The summed E-state index contributed by atoms with van der Waals surface area (Å²) < 4.78 is 0. The van der Waals surface area contributed by atoms with E-state index >= 15 is 0 Å². The van der Waals surface area contributed by atoms with Crippen molar-refractivity contribution in [1.29, 1.82) is 0 Å². The van der Waals surface area contributed by atoms with E-state index in [-0.39, 0.29) is 16.2 Å². The fourth-order valence-electron chi connectivity index (χ4n) is 1.55. The molecule has 0 amide bonds. The minimum atomic E-state index is -0.485. The van der Waals surface area contributed by atoms with Crippen LogP contribution >= 0.6 is 11.6 Å². The molecule has 15 heavy (non-hydrogen) atoms. The zero-order chi connectivity index (χ0) is 11.1. The van der Waals surface area contributed by atoms with Gasteiger partial charge in [-0.3, -0.25) is 10.1 Å². The summed E-state index contributed by atoms with van der Waals surface area (Å²) in [6, 6.07) is 4.78. The van der Waals surface area contributed by atoms with Gasteiger partial charge in [0.05, 0.1) is 4.92 Å². The molecule has 2 rings (SSSR count). The second kappa shape index (κ2) is 3.47. The van der Waals surface area contributed by atoms with Gasteiger partial charge in [0, 0.05) is 11.6 Å². The first-order valence-electron chi connectivity index (χ1n) is 4.72. The lowest BCUT2D eigenvalue weighted by Gasteiger charge is -2.08. The number of nitro benzene ring substituents is 1. The first-order chi connectivity index (χ1) is 7.00. The van der Waals surface area contributed by atoms with Crippen molar-refractivity contribution < 1.29 is 4.92 Å². The quantitative estimate of drug-likeness (QED) is 0.635. The molecule has 1 aromatic carbocycles. The summed E-state index contributed by atoms with van der Waals surface area (Å²) in [5, 5.41) is 10.7. The second-order valence-electron chi connectivity index (χ2n) is 4.08. The van der Waals surface area contributed by atoms with Crippen LogP contribution in [-0.2, 0) is 6.42 Å². The molecular weight excluding hydrogens is 216 g/mol. The Morgan fingerprint density at radius 1 is 1.53 bits per heavy atom. The van der Waals surface area contributed by atoms with Crippen LogP contribution in [-0.4, -0.2) is 10.5 Å². The van der Waals surface area contributed by atoms with E-state index in [9.17, 15) is 10.1 Å². The van der Waals surface area contributed by atoms with Crippen molar-refractivity contribution >= 4 is 17.3 Å². The Hall–Kier alpha value is -1.13. The van der Waals surface area contributed by atoms with E-state index in [4.69, 9.17) is 17.3 Å². The Morgan fingerprint density at radius 2 is 2.20 bits per heavy atom. The molecule has 0 spiro atoms. The largest absolute Gasteiger partial charge is 0.325 e. The summed E-state index contributed by atoms with van der Waals surface area (Å²) in [6.07, 6.45) is 2.77. The van der Waals surface area contributed by atoms with Crippen LogP contribution in [0.3, 0.4) is 0 Å². The summed E-state index contributed by atoms with van der Waals surface area (Å²) in [6.45, 7) is 0. The molecule has 1 aliphatic rings. The molecule has 1 saturated carbocycles. The van der Waals surface area contributed by atoms with Gasteiger partial charge in [-0.25, -0.2) is 0 Å². The third kappa shape index (κ3) is 2.27. The summed E-state index contributed by atoms with van der Waals surface area (Å²) in [5.74, 6) is 0. The maximum absolute atomic E-state index is 10.5. The maximum atomic E-state index is 10.5. The molecule has 1 aliphatic carbocycles. The minimum Gasteiger partial charge on any atom is -0.325 e. The van der Waals surface area contributed by atoms with Gasteiger partial charge in [0.15, 0.2) is 0 Å². The molecular formula is C10H11ClN2O2. The number of rotatable bonds is 3. The van der Waals surface area contributed by atoms with Gasteiger partial charge in [-0.1, -0.05) is 17.7 Å². The van der Waals surface area contributed by atoms with Gasteiger partial charge in [-0.15, -0.1) is 0 Å². The van der Waals surface area contributed by atoms with E-state index in [0.29, 0.717) is 0 Å². The zero-order valence-corrected chi connectivity index (χ0v) is 8.83. The van der Waals surface area contributed by atoms with E-state index in [0.717, 1.165) is 24.8 Å². The predicted octanol–water partition coefficient (Wildman–Crippen LogP) is 2.28. The van der Waals surface area contributed by atoms with Gasteiger partial charge in [0.25, 0.3) is 5.69 Å². The van der Waals surface area contributed by atoms with E-state index in [1.165, 1.54) is 6.07 Å². The zero-order valence-electron chi connectivity index (χ0n) is 8.07. The first kappa shape index (κ1) is 10.4. The van der Waals surface area contributed by atoms with Crippen LogP contribution in [0.5, 0.6) is 0 Å². The Labute approximate surface area is 92.2 Å². The molecule has 0 aliphatic heterocycles. The van der Waals surface area contributed by atoms with Gasteiger partial charge in [-0.05, 0) is 30.9 Å². The molecule has 0 aromatic heterocycles. The standard InChI is InChI=1S/C10H11ClN2O2/c11-8-5-7(6-10(12)3-4-10)1-2-9(8)13(14)15/h1-2,5H,3-4,6,12H2. The highest BCUT2D eigenvalue weighted by molar-refractivity contribution is 6.32. The average Bonchev–Trinajstić information content (AvgIpc) is 2.82.